The van der Waals surface area contributed by atoms with Gasteiger partial charge in [0.15, 0.2) is 0 Å². The van der Waals surface area contributed by atoms with Crippen LogP contribution in [0.1, 0.15) is 45.9 Å². The third-order valence-electron chi connectivity index (χ3n) is 3.68. The lowest BCUT2D eigenvalue weighted by atomic mass is 9.91. The smallest absolute Gasteiger partial charge is 0.244 e. The lowest BCUT2D eigenvalue weighted by molar-refractivity contribution is -0.139. The van der Waals surface area contributed by atoms with Crippen molar-refractivity contribution in [2.75, 3.05) is 11.6 Å². The maximum atomic E-state index is 12.6. The van der Waals surface area contributed by atoms with Crippen LogP contribution < -0.4 is 5.32 Å². The molecule has 5 nitrogen and oxygen atoms in total. The molecule has 1 saturated heterocycles. The number of hydrogen-bond donors (Lipinski definition) is 1. The van der Waals surface area contributed by atoms with Gasteiger partial charge in [0.1, 0.15) is 6.04 Å². The summed E-state index contributed by atoms with van der Waals surface area (Å²) in [6.07, 6.45) is 2.16. The van der Waals surface area contributed by atoms with E-state index in [0.29, 0.717) is 18.1 Å². The summed E-state index contributed by atoms with van der Waals surface area (Å²) >= 11 is 1.62. The summed E-state index contributed by atoms with van der Waals surface area (Å²) in [6.45, 7) is 8.01. The number of nitrogens with zero attached hydrogens (tertiary/aromatic N) is 2. The Kier molecular flexibility index (Phi) is 5.68. The van der Waals surface area contributed by atoms with E-state index in [1.54, 1.807) is 22.9 Å². The minimum atomic E-state index is -0.388. The van der Waals surface area contributed by atoms with E-state index in [9.17, 15) is 9.59 Å². The lowest BCUT2D eigenvalue weighted by Gasteiger charge is -2.27. The van der Waals surface area contributed by atoms with E-state index in [4.69, 9.17) is 0 Å². The van der Waals surface area contributed by atoms with Crippen molar-refractivity contribution in [1.29, 1.82) is 0 Å². The molecule has 6 heteroatoms. The summed E-state index contributed by atoms with van der Waals surface area (Å²) in [5.74, 6) is 1.19. The van der Waals surface area contributed by atoms with Gasteiger partial charge in [-0.25, -0.2) is 0 Å². The average Bonchev–Trinajstić information content (AvgIpc) is 2.96. The van der Waals surface area contributed by atoms with Crippen molar-refractivity contribution >= 4 is 23.6 Å². The molecule has 1 aromatic heterocycles. The maximum Gasteiger partial charge on any atom is 0.244 e. The van der Waals surface area contributed by atoms with Crippen LogP contribution in [0.15, 0.2) is 24.4 Å². The van der Waals surface area contributed by atoms with E-state index >= 15 is 0 Å². The molecule has 23 heavy (non-hydrogen) atoms. The number of thioether (sulfide) groups is 1. The number of pyridine rings is 1. The highest BCUT2D eigenvalue weighted by Crippen LogP contribution is 2.27. The van der Waals surface area contributed by atoms with Crippen LogP contribution in [0.5, 0.6) is 0 Å². The van der Waals surface area contributed by atoms with Crippen LogP contribution in [0.25, 0.3) is 0 Å². The van der Waals surface area contributed by atoms with Gasteiger partial charge in [-0.3, -0.25) is 14.6 Å². The maximum absolute atomic E-state index is 12.6. The van der Waals surface area contributed by atoms with Gasteiger partial charge in [0.25, 0.3) is 0 Å². The third kappa shape index (κ3) is 4.96. The predicted octanol–water partition coefficient (Wildman–Crippen LogP) is 2.60. The summed E-state index contributed by atoms with van der Waals surface area (Å²) in [5, 5.41) is 2.98. The fourth-order valence-corrected chi connectivity index (χ4v) is 3.66. The van der Waals surface area contributed by atoms with Crippen molar-refractivity contribution in [2.45, 2.75) is 46.2 Å². The van der Waals surface area contributed by atoms with Crippen molar-refractivity contribution in [2.24, 2.45) is 5.41 Å². The number of carbonyl (C=O) groups is 2. The Bertz CT molecular complexity index is 557. The molecule has 1 aromatic rings. The minimum absolute atomic E-state index is 0.0492. The second kappa shape index (κ2) is 7.34. The lowest BCUT2D eigenvalue weighted by Crippen LogP contribution is -2.48. The Hall–Kier alpha value is -1.56. The van der Waals surface area contributed by atoms with Crippen molar-refractivity contribution < 1.29 is 9.59 Å². The highest BCUT2D eigenvalue weighted by atomic mass is 32.2. The van der Waals surface area contributed by atoms with Crippen molar-refractivity contribution in [3.63, 3.8) is 0 Å². The van der Waals surface area contributed by atoms with Crippen LogP contribution in [-0.4, -0.2) is 39.4 Å². The fraction of sp³-hybridized carbons (Fsp3) is 0.588. The zero-order valence-corrected chi connectivity index (χ0v) is 15.0. The van der Waals surface area contributed by atoms with Crippen LogP contribution in [0.4, 0.5) is 0 Å². The van der Waals surface area contributed by atoms with E-state index in [-0.39, 0.29) is 29.3 Å². The van der Waals surface area contributed by atoms with Crippen molar-refractivity contribution in [3.8, 4) is 0 Å². The first-order chi connectivity index (χ1) is 10.8. The van der Waals surface area contributed by atoms with Gasteiger partial charge >= 0.3 is 0 Å². The van der Waals surface area contributed by atoms with Gasteiger partial charge in [-0.05, 0) is 24.5 Å². The molecule has 2 heterocycles. The molecular weight excluding hydrogens is 310 g/mol. The van der Waals surface area contributed by atoms with Crippen LogP contribution in [0.3, 0.4) is 0 Å². The standard InChI is InChI=1S/C17H25N3O2S/c1-12(13-7-5-6-8-18-13)19-16(22)14-10-23-11-20(14)15(21)9-17(2,3)4/h5-8,12,14H,9-11H2,1-4H3,(H,19,22)/t12-,14+/m0/s1. The Morgan fingerprint density at radius 2 is 2.17 bits per heavy atom. The van der Waals surface area contributed by atoms with Crippen LogP contribution >= 0.6 is 11.8 Å². The minimum Gasteiger partial charge on any atom is -0.346 e. The average molecular weight is 335 g/mol. The first-order valence-corrected chi connectivity index (χ1v) is 9.02. The van der Waals surface area contributed by atoms with Crippen LogP contribution in [-0.2, 0) is 9.59 Å². The molecule has 0 bridgehead atoms. The Labute approximate surface area is 142 Å². The molecule has 0 aromatic carbocycles. The summed E-state index contributed by atoms with van der Waals surface area (Å²) < 4.78 is 0. The molecule has 2 amide bonds. The molecule has 0 radical (unpaired) electrons. The second-order valence-electron chi connectivity index (χ2n) is 7.10. The zero-order valence-electron chi connectivity index (χ0n) is 14.2. The van der Waals surface area contributed by atoms with E-state index in [1.807, 2.05) is 45.9 Å². The first-order valence-electron chi connectivity index (χ1n) is 7.86. The van der Waals surface area contributed by atoms with Gasteiger partial charge in [0, 0.05) is 18.4 Å². The molecule has 1 aliphatic rings. The zero-order chi connectivity index (χ0) is 17.0. The van der Waals surface area contributed by atoms with Gasteiger partial charge in [0.05, 0.1) is 17.6 Å². The molecule has 1 N–H and O–H groups in total. The van der Waals surface area contributed by atoms with E-state index in [2.05, 4.69) is 10.3 Å². The highest BCUT2D eigenvalue weighted by Gasteiger charge is 2.36. The number of carbonyl (C=O) groups excluding carboxylic acids is 2. The molecule has 1 fully saturated rings. The summed E-state index contributed by atoms with van der Waals surface area (Å²) in [4.78, 5) is 31.0. The largest absolute Gasteiger partial charge is 0.346 e. The molecule has 126 valence electrons. The van der Waals surface area contributed by atoms with Gasteiger partial charge in [0.2, 0.25) is 11.8 Å². The summed E-state index contributed by atoms with van der Waals surface area (Å²) in [6, 6.07) is 5.07. The van der Waals surface area contributed by atoms with Crippen LogP contribution in [0, 0.1) is 5.41 Å². The number of hydrogen-bond acceptors (Lipinski definition) is 4. The number of aromatic nitrogens is 1. The molecule has 0 spiro atoms. The monoisotopic (exact) mass is 335 g/mol. The number of amides is 2. The molecular formula is C17H25N3O2S. The van der Waals surface area contributed by atoms with Crippen molar-refractivity contribution in [1.82, 2.24) is 15.2 Å². The van der Waals surface area contributed by atoms with E-state index in [0.717, 1.165) is 5.69 Å². The first kappa shape index (κ1) is 17.8. The Morgan fingerprint density at radius 1 is 1.43 bits per heavy atom. The normalized spacial score (nSPS) is 19.5. The predicted molar refractivity (Wildman–Crippen MR) is 92.8 cm³/mol. The Balaban J connectivity index is 1.99. The number of nitrogens with one attached hydrogen (secondary N) is 1. The molecule has 2 atom stereocenters. The second-order valence-corrected chi connectivity index (χ2v) is 8.10. The summed E-state index contributed by atoms with van der Waals surface area (Å²) in [7, 11) is 0. The summed E-state index contributed by atoms with van der Waals surface area (Å²) in [5.41, 5.74) is 0.742. The molecule has 0 unspecified atom stereocenters. The van der Waals surface area contributed by atoms with Crippen LogP contribution in [0.2, 0.25) is 0 Å². The molecule has 2 rings (SSSR count). The van der Waals surface area contributed by atoms with Crippen molar-refractivity contribution in [3.05, 3.63) is 30.1 Å². The molecule has 1 aliphatic heterocycles. The van der Waals surface area contributed by atoms with E-state index in [1.165, 1.54) is 0 Å². The quantitative estimate of drug-likeness (QED) is 0.919. The fourth-order valence-electron chi connectivity index (χ4n) is 2.48. The van der Waals surface area contributed by atoms with Gasteiger partial charge in [-0.2, -0.15) is 0 Å². The van der Waals surface area contributed by atoms with Gasteiger partial charge < -0.3 is 10.2 Å². The van der Waals surface area contributed by atoms with Gasteiger partial charge in [-0.1, -0.05) is 26.8 Å². The Morgan fingerprint density at radius 3 is 2.78 bits per heavy atom. The van der Waals surface area contributed by atoms with E-state index < -0.39 is 0 Å². The highest BCUT2D eigenvalue weighted by molar-refractivity contribution is 7.99. The SMILES string of the molecule is C[C@H](NC(=O)[C@H]1CSCN1C(=O)CC(C)(C)C)c1ccccn1. The number of rotatable bonds is 4. The third-order valence-corrected chi connectivity index (χ3v) is 4.69. The van der Waals surface area contributed by atoms with Gasteiger partial charge in [-0.15, -0.1) is 11.8 Å². The topological polar surface area (TPSA) is 62.3 Å². The molecule has 0 saturated carbocycles. The molecule has 0 aliphatic carbocycles.